The zero-order chi connectivity index (χ0) is 20.3. The number of para-hydroxylation sites is 1. The lowest BCUT2D eigenvalue weighted by atomic mass is 9.70. The third-order valence-electron chi connectivity index (χ3n) is 6.62. The summed E-state index contributed by atoms with van der Waals surface area (Å²) in [6.45, 7) is 0. The summed E-state index contributed by atoms with van der Waals surface area (Å²) in [4.78, 5) is 21.9. The van der Waals surface area contributed by atoms with E-state index in [1.165, 1.54) is 32.1 Å². The Balaban J connectivity index is 1.41. The van der Waals surface area contributed by atoms with Gasteiger partial charge in [0.05, 0.1) is 16.8 Å². The Labute approximate surface area is 176 Å². The predicted molar refractivity (Wildman–Crippen MR) is 119 cm³/mol. The molecule has 2 aliphatic carbocycles. The lowest BCUT2D eigenvalue weighted by Crippen LogP contribution is -2.29. The number of nitrogens with one attached hydrogen (secondary N) is 1. The maximum absolute atomic E-state index is 13.1. The Bertz CT molecular complexity index is 1090. The molecule has 1 aromatic carbocycles. The molecule has 0 bridgehead atoms. The van der Waals surface area contributed by atoms with E-state index in [9.17, 15) is 4.79 Å². The van der Waals surface area contributed by atoms with Crippen LogP contribution in [0.15, 0.2) is 60.0 Å². The summed E-state index contributed by atoms with van der Waals surface area (Å²) in [7, 11) is 0. The molecule has 1 N–H and O–H groups in total. The number of carbonyl (C=O) groups excluding carboxylic acids is 1. The van der Waals surface area contributed by atoms with Crippen LogP contribution in [0.5, 0.6) is 0 Å². The number of carbonyl (C=O) groups is 1. The third-order valence-corrected chi connectivity index (χ3v) is 6.62. The highest BCUT2D eigenvalue weighted by Gasteiger charge is 2.30. The fraction of sp³-hybridized carbons (Fsp3) is 0.360. The van der Waals surface area contributed by atoms with E-state index < -0.39 is 0 Å². The highest BCUT2D eigenvalue weighted by molar-refractivity contribution is 6.07. The minimum Gasteiger partial charge on any atom is -0.267 e. The van der Waals surface area contributed by atoms with Crippen molar-refractivity contribution < 1.29 is 4.79 Å². The molecule has 5 heteroatoms. The van der Waals surface area contributed by atoms with Crippen LogP contribution in [0.3, 0.4) is 0 Å². The van der Waals surface area contributed by atoms with Crippen LogP contribution >= 0.6 is 0 Å². The van der Waals surface area contributed by atoms with Crippen LogP contribution in [-0.4, -0.2) is 21.6 Å². The van der Waals surface area contributed by atoms with E-state index in [1.54, 1.807) is 12.4 Å². The number of fused-ring (bicyclic) bond motifs is 2. The molecule has 1 amide bonds. The summed E-state index contributed by atoms with van der Waals surface area (Å²) in [5.41, 5.74) is 7.08. The largest absolute Gasteiger partial charge is 0.272 e. The zero-order valence-electron chi connectivity index (χ0n) is 17.1. The number of aromatic nitrogens is 2. The molecule has 2 heterocycles. The molecule has 2 atom stereocenters. The molecule has 0 saturated heterocycles. The van der Waals surface area contributed by atoms with Crippen molar-refractivity contribution in [3.8, 4) is 11.3 Å². The van der Waals surface area contributed by atoms with Crippen molar-refractivity contribution in [2.75, 3.05) is 0 Å². The minimum atomic E-state index is -0.179. The van der Waals surface area contributed by atoms with Crippen LogP contribution in [0.4, 0.5) is 0 Å². The second kappa shape index (κ2) is 8.34. The zero-order valence-corrected chi connectivity index (χ0v) is 17.1. The fourth-order valence-corrected chi connectivity index (χ4v) is 5.02. The number of hydrazone groups is 1. The van der Waals surface area contributed by atoms with Gasteiger partial charge in [0.15, 0.2) is 0 Å². The Morgan fingerprint density at radius 2 is 1.80 bits per heavy atom. The molecule has 2 aromatic heterocycles. The standard InChI is InChI=1S/C25H26N4O/c30-25(29-28-20-10-9-17-5-1-2-6-19(17)15-20)22-16-24(18-11-13-26-14-12-18)27-23-8-4-3-7-21(22)23/h3-4,7-8,11-14,16-17,19H,1-2,5-6,9-10,15H2,(H,29,30)/b28-20-/t17-,19-/m1/s1. The van der Waals surface area contributed by atoms with Gasteiger partial charge in [0, 0.05) is 29.1 Å². The van der Waals surface area contributed by atoms with Gasteiger partial charge >= 0.3 is 0 Å². The average Bonchev–Trinajstić information content (AvgIpc) is 2.82. The summed E-state index contributed by atoms with van der Waals surface area (Å²) in [6.07, 6.45) is 12.1. The fourth-order valence-electron chi connectivity index (χ4n) is 5.02. The maximum Gasteiger partial charge on any atom is 0.272 e. The van der Waals surface area contributed by atoms with Crippen LogP contribution in [-0.2, 0) is 0 Å². The van der Waals surface area contributed by atoms with Crippen molar-refractivity contribution in [2.45, 2.75) is 44.9 Å². The van der Waals surface area contributed by atoms with Gasteiger partial charge in [-0.3, -0.25) is 9.78 Å². The summed E-state index contributed by atoms with van der Waals surface area (Å²) in [6, 6.07) is 13.4. The van der Waals surface area contributed by atoms with E-state index >= 15 is 0 Å². The van der Waals surface area contributed by atoms with E-state index in [-0.39, 0.29) is 5.91 Å². The summed E-state index contributed by atoms with van der Waals surface area (Å²) < 4.78 is 0. The molecule has 3 aromatic rings. The molecule has 30 heavy (non-hydrogen) atoms. The van der Waals surface area contributed by atoms with Gasteiger partial charge in [-0.15, -0.1) is 0 Å². The first-order valence-corrected chi connectivity index (χ1v) is 10.9. The van der Waals surface area contributed by atoms with Crippen LogP contribution < -0.4 is 5.43 Å². The molecule has 0 spiro atoms. The molecular weight excluding hydrogens is 372 g/mol. The van der Waals surface area contributed by atoms with Crippen molar-refractivity contribution in [1.29, 1.82) is 0 Å². The SMILES string of the molecule is O=C(N/N=C1/CC[C@H]2CCCC[C@@H]2C1)c1cc(-c2ccncc2)nc2ccccc12. The molecular formula is C25H26N4O. The summed E-state index contributed by atoms with van der Waals surface area (Å²) in [5, 5.41) is 5.38. The van der Waals surface area contributed by atoms with Crippen LogP contribution in [0.25, 0.3) is 22.2 Å². The summed E-state index contributed by atoms with van der Waals surface area (Å²) >= 11 is 0. The number of rotatable bonds is 3. The number of benzene rings is 1. The normalized spacial score (nSPS) is 22.6. The first-order valence-electron chi connectivity index (χ1n) is 10.9. The highest BCUT2D eigenvalue weighted by Crippen LogP contribution is 2.39. The second-order valence-corrected chi connectivity index (χ2v) is 8.47. The van der Waals surface area contributed by atoms with Gasteiger partial charge < -0.3 is 0 Å². The quantitative estimate of drug-likeness (QED) is 0.603. The Kier molecular flexibility index (Phi) is 5.26. The Hall–Kier alpha value is -3.08. The van der Waals surface area contributed by atoms with Crippen LogP contribution in [0.1, 0.15) is 55.3 Å². The van der Waals surface area contributed by atoms with Crippen molar-refractivity contribution in [1.82, 2.24) is 15.4 Å². The molecule has 2 fully saturated rings. The molecule has 152 valence electrons. The van der Waals surface area contributed by atoms with E-state index in [4.69, 9.17) is 4.98 Å². The molecule has 0 unspecified atom stereocenters. The molecule has 0 radical (unpaired) electrons. The van der Waals surface area contributed by atoms with Crippen molar-refractivity contribution >= 4 is 22.5 Å². The molecule has 2 aliphatic rings. The monoisotopic (exact) mass is 398 g/mol. The van der Waals surface area contributed by atoms with Crippen molar-refractivity contribution in [3.63, 3.8) is 0 Å². The van der Waals surface area contributed by atoms with Gasteiger partial charge in [-0.2, -0.15) is 5.10 Å². The van der Waals surface area contributed by atoms with E-state index in [0.29, 0.717) is 5.56 Å². The average molecular weight is 399 g/mol. The van der Waals surface area contributed by atoms with Gasteiger partial charge in [0.25, 0.3) is 5.91 Å². The van der Waals surface area contributed by atoms with E-state index in [1.807, 2.05) is 42.5 Å². The first-order chi connectivity index (χ1) is 14.8. The van der Waals surface area contributed by atoms with Crippen molar-refractivity contribution in [2.24, 2.45) is 16.9 Å². The smallest absolute Gasteiger partial charge is 0.267 e. The number of hydrogen-bond acceptors (Lipinski definition) is 4. The van der Waals surface area contributed by atoms with Gasteiger partial charge in [-0.05, 0) is 61.8 Å². The van der Waals surface area contributed by atoms with Gasteiger partial charge in [0.2, 0.25) is 0 Å². The molecule has 5 nitrogen and oxygen atoms in total. The number of pyridine rings is 2. The lowest BCUT2D eigenvalue weighted by Gasteiger charge is -2.35. The highest BCUT2D eigenvalue weighted by atomic mass is 16.2. The predicted octanol–water partition coefficient (Wildman–Crippen LogP) is 5.37. The van der Waals surface area contributed by atoms with Gasteiger partial charge in [-0.1, -0.05) is 37.5 Å². The summed E-state index contributed by atoms with van der Waals surface area (Å²) in [5.74, 6) is 1.44. The molecule has 5 rings (SSSR count). The number of amides is 1. The Morgan fingerprint density at radius 1 is 1.00 bits per heavy atom. The van der Waals surface area contributed by atoms with Crippen LogP contribution in [0, 0.1) is 11.8 Å². The van der Waals surface area contributed by atoms with E-state index in [2.05, 4.69) is 15.5 Å². The third kappa shape index (κ3) is 3.84. The lowest BCUT2D eigenvalue weighted by molar-refractivity contribution is 0.0955. The van der Waals surface area contributed by atoms with E-state index in [0.717, 1.165) is 52.5 Å². The van der Waals surface area contributed by atoms with Crippen molar-refractivity contribution in [3.05, 3.63) is 60.4 Å². The Morgan fingerprint density at radius 3 is 2.67 bits per heavy atom. The number of nitrogens with zero attached hydrogens (tertiary/aromatic N) is 3. The topological polar surface area (TPSA) is 67.2 Å². The first kappa shape index (κ1) is 18.9. The van der Waals surface area contributed by atoms with Gasteiger partial charge in [0.1, 0.15) is 0 Å². The van der Waals surface area contributed by atoms with Crippen LogP contribution in [0.2, 0.25) is 0 Å². The van der Waals surface area contributed by atoms with Gasteiger partial charge in [-0.25, -0.2) is 10.4 Å². The minimum absolute atomic E-state index is 0.179. The number of hydrogen-bond donors (Lipinski definition) is 1. The second-order valence-electron chi connectivity index (χ2n) is 8.47. The maximum atomic E-state index is 13.1. The molecule has 2 saturated carbocycles. The molecule has 0 aliphatic heterocycles.